The van der Waals surface area contributed by atoms with Crippen molar-refractivity contribution in [1.82, 2.24) is 19.5 Å². The number of hydrogen-bond acceptors (Lipinski definition) is 9. The van der Waals surface area contributed by atoms with Crippen molar-refractivity contribution >= 4 is 24.8 Å². The molecule has 4 heterocycles. The molecule has 11 nitrogen and oxygen atoms in total. The largest absolute Gasteiger partial charge is 0.472 e. The number of anilines is 1. The highest BCUT2D eigenvalue weighted by Gasteiger charge is 2.52. The Labute approximate surface area is 148 Å². The van der Waals surface area contributed by atoms with E-state index in [2.05, 4.69) is 21.9 Å². The standard InChI is InChI=1S/C14H20N5O6P/c1-2-3-4-8-17-12(15)9-13(18-8)19(6-16-9)14-10(20)11-7(24-14)5-23-26(21,22)25-11/h6-7,10-11,14,20H,2-5H2,1H3,(H,21,22)(H2,15,17,18)/t7-,10-,11-,14-/m1/s1. The van der Waals surface area contributed by atoms with Crippen molar-refractivity contribution in [2.24, 2.45) is 0 Å². The van der Waals surface area contributed by atoms with Crippen molar-refractivity contribution in [2.75, 3.05) is 12.3 Å². The summed E-state index contributed by atoms with van der Waals surface area (Å²) >= 11 is 0. The van der Waals surface area contributed by atoms with Gasteiger partial charge in [0.05, 0.1) is 12.9 Å². The molecule has 2 aromatic rings. The van der Waals surface area contributed by atoms with Gasteiger partial charge >= 0.3 is 7.82 Å². The number of nitrogen functional groups attached to an aromatic ring is 1. The van der Waals surface area contributed by atoms with Gasteiger partial charge in [0.25, 0.3) is 0 Å². The number of unbranched alkanes of at least 4 members (excludes halogenated alkanes) is 1. The van der Waals surface area contributed by atoms with Crippen molar-refractivity contribution in [3.05, 3.63) is 12.2 Å². The van der Waals surface area contributed by atoms with E-state index in [1.165, 1.54) is 10.9 Å². The van der Waals surface area contributed by atoms with Crippen LogP contribution in [0.1, 0.15) is 31.8 Å². The first-order valence-electron chi connectivity index (χ1n) is 8.38. The van der Waals surface area contributed by atoms with Gasteiger partial charge in [0.2, 0.25) is 0 Å². The van der Waals surface area contributed by atoms with E-state index in [9.17, 15) is 14.6 Å². The number of aromatic nitrogens is 4. The summed E-state index contributed by atoms with van der Waals surface area (Å²) in [7, 11) is -4.18. The highest BCUT2D eigenvalue weighted by Crippen LogP contribution is 2.52. The maximum Gasteiger partial charge on any atom is 0.472 e. The summed E-state index contributed by atoms with van der Waals surface area (Å²) in [4.78, 5) is 22.4. The minimum atomic E-state index is -4.18. The molecule has 2 aromatic heterocycles. The molecule has 4 rings (SSSR count). The lowest BCUT2D eigenvalue weighted by molar-refractivity contribution is -0.0664. The molecule has 142 valence electrons. The Morgan fingerprint density at radius 3 is 3.04 bits per heavy atom. The van der Waals surface area contributed by atoms with Crippen LogP contribution in [-0.4, -0.2) is 54.4 Å². The molecule has 0 bridgehead atoms. The number of ether oxygens (including phenoxy) is 1. The molecule has 5 atom stereocenters. The third kappa shape index (κ3) is 3.00. The van der Waals surface area contributed by atoms with Gasteiger partial charge in [-0.1, -0.05) is 13.3 Å². The summed E-state index contributed by atoms with van der Waals surface area (Å²) in [5.74, 6) is 0.840. The van der Waals surface area contributed by atoms with Crippen molar-refractivity contribution in [2.45, 2.75) is 50.7 Å². The van der Waals surface area contributed by atoms with Crippen LogP contribution in [0.15, 0.2) is 6.33 Å². The second-order valence-corrected chi connectivity index (χ2v) is 7.75. The predicted octanol–water partition coefficient (Wildman–Crippen LogP) is 0.525. The Balaban J connectivity index is 1.68. The molecule has 0 spiro atoms. The van der Waals surface area contributed by atoms with Crippen molar-refractivity contribution in [3.63, 3.8) is 0 Å². The van der Waals surface area contributed by atoms with Crippen LogP contribution < -0.4 is 5.73 Å². The van der Waals surface area contributed by atoms with E-state index in [1.807, 2.05) is 0 Å². The summed E-state index contributed by atoms with van der Waals surface area (Å²) < 4.78 is 28.6. The number of phosphoric ester groups is 1. The summed E-state index contributed by atoms with van der Waals surface area (Å²) in [5, 5.41) is 10.6. The number of rotatable bonds is 4. The van der Waals surface area contributed by atoms with Gasteiger partial charge in [-0.05, 0) is 6.42 Å². The number of hydrogen-bond donors (Lipinski definition) is 3. The van der Waals surface area contributed by atoms with E-state index >= 15 is 0 Å². The normalized spacial score (nSPS) is 34.3. The number of phosphoric acid groups is 1. The number of aryl methyl sites for hydroxylation is 1. The lowest BCUT2D eigenvalue weighted by Crippen LogP contribution is -2.39. The maximum atomic E-state index is 11.6. The van der Waals surface area contributed by atoms with E-state index in [4.69, 9.17) is 19.5 Å². The van der Waals surface area contributed by atoms with Gasteiger partial charge in [-0.15, -0.1) is 0 Å². The minimum Gasteiger partial charge on any atom is -0.386 e. The Morgan fingerprint density at radius 2 is 2.27 bits per heavy atom. The lowest BCUT2D eigenvalue weighted by Gasteiger charge is -2.27. The molecule has 12 heteroatoms. The average Bonchev–Trinajstić information content (AvgIpc) is 3.14. The zero-order chi connectivity index (χ0) is 18.5. The first-order chi connectivity index (χ1) is 12.4. The van der Waals surface area contributed by atoms with Crippen molar-refractivity contribution < 1.29 is 28.3 Å². The molecule has 0 amide bonds. The van der Waals surface area contributed by atoms with Crippen LogP contribution >= 0.6 is 7.82 Å². The Morgan fingerprint density at radius 1 is 1.46 bits per heavy atom. The molecule has 0 aromatic carbocycles. The smallest absolute Gasteiger partial charge is 0.386 e. The van der Waals surface area contributed by atoms with Gasteiger partial charge in [0.15, 0.2) is 17.7 Å². The molecule has 0 saturated carbocycles. The van der Waals surface area contributed by atoms with Crippen LogP contribution in [-0.2, 0) is 24.8 Å². The second-order valence-electron chi connectivity index (χ2n) is 6.34. The zero-order valence-corrected chi connectivity index (χ0v) is 15.0. The molecule has 2 aliphatic heterocycles. The molecule has 2 saturated heterocycles. The first-order valence-corrected chi connectivity index (χ1v) is 9.87. The van der Waals surface area contributed by atoms with Crippen molar-refractivity contribution in [3.8, 4) is 0 Å². The molecule has 26 heavy (non-hydrogen) atoms. The molecule has 0 aliphatic carbocycles. The first kappa shape index (κ1) is 17.8. The minimum absolute atomic E-state index is 0.155. The summed E-state index contributed by atoms with van der Waals surface area (Å²) in [6.45, 7) is 1.91. The Hall–Kier alpha value is -1.62. The van der Waals surface area contributed by atoms with E-state index in [0.717, 1.165) is 12.8 Å². The number of nitrogens with two attached hydrogens (primary N) is 1. The van der Waals surface area contributed by atoms with Crippen LogP contribution in [0.2, 0.25) is 0 Å². The van der Waals surface area contributed by atoms with Gasteiger partial charge in [-0.25, -0.2) is 19.5 Å². The monoisotopic (exact) mass is 385 g/mol. The van der Waals surface area contributed by atoms with Gasteiger partial charge in [-0.3, -0.25) is 13.6 Å². The van der Waals surface area contributed by atoms with Gasteiger partial charge in [0.1, 0.15) is 29.7 Å². The number of aliphatic hydroxyl groups excluding tert-OH is 1. The van der Waals surface area contributed by atoms with Gasteiger partial charge in [0, 0.05) is 6.42 Å². The fourth-order valence-corrected chi connectivity index (χ4v) is 4.15. The fraction of sp³-hybridized carbons (Fsp3) is 0.643. The number of aliphatic hydroxyl groups is 1. The third-order valence-corrected chi connectivity index (χ3v) is 5.47. The molecular weight excluding hydrogens is 365 g/mol. The second kappa shape index (κ2) is 6.52. The summed E-state index contributed by atoms with van der Waals surface area (Å²) in [6.07, 6.45) is 0.272. The lowest BCUT2D eigenvalue weighted by atomic mass is 10.1. The van der Waals surface area contributed by atoms with Crippen LogP contribution in [0, 0.1) is 0 Å². The molecule has 4 N–H and O–H groups in total. The average molecular weight is 385 g/mol. The van der Waals surface area contributed by atoms with Gasteiger partial charge in [-0.2, -0.15) is 0 Å². The summed E-state index contributed by atoms with van der Waals surface area (Å²) in [6, 6.07) is 0. The predicted molar refractivity (Wildman–Crippen MR) is 88.9 cm³/mol. The highest BCUT2D eigenvalue weighted by atomic mass is 31.2. The topological polar surface area (TPSA) is 155 Å². The fourth-order valence-electron chi connectivity index (χ4n) is 3.18. The van der Waals surface area contributed by atoms with Crippen LogP contribution in [0.5, 0.6) is 0 Å². The van der Waals surface area contributed by atoms with E-state index in [0.29, 0.717) is 23.4 Å². The number of nitrogens with zero attached hydrogens (tertiary/aromatic N) is 4. The van der Waals surface area contributed by atoms with Crippen LogP contribution in [0.3, 0.4) is 0 Å². The number of imidazole rings is 1. The van der Waals surface area contributed by atoms with Crippen LogP contribution in [0.4, 0.5) is 5.82 Å². The van der Waals surface area contributed by atoms with E-state index in [-0.39, 0.29) is 12.4 Å². The zero-order valence-electron chi connectivity index (χ0n) is 14.1. The molecule has 0 radical (unpaired) electrons. The van der Waals surface area contributed by atoms with E-state index in [1.54, 1.807) is 0 Å². The molecular formula is C14H20N5O6P. The number of fused-ring (bicyclic) bond motifs is 2. The Kier molecular flexibility index (Phi) is 4.46. The Bertz CT molecular complexity index is 875. The SMILES string of the molecule is CCCCc1nc(N)c2ncn([C@@H]3O[C@@H]4COP(=O)(O)O[C@H]4[C@H]3O)c2n1. The third-order valence-electron chi connectivity index (χ3n) is 4.49. The quantitative estimate of drug-likeness (QED) is 0.634. The highest BCUT2D eigenvalue weighted by molar-refractivity contribution is 7.47. The molecule has 2 aliphatic rings. The maximum absolute atomic E-state index is 11.6. The molecule has 1 unspecified atom stereocenters. The summed E-state index contributed by atoms with van der Waals surface area (Å²) in [5.41, 5.74) is 6.82. The van der Waals surface area contributed by atoms with E-state index < -0.39 is 32.4 Å². The van der Waals surface area contributed by atoms with Crippen LogP contribution in [0.25, 0.3) is 11.2 Å². The van der Waals surface area contributed by atoms with Crippen molar-refractivity contribution in [1.29, 1.82) is 0 Å². The molecule has 2 fully saturated rings. The van der Waals surface area contributed by atoms with Gasteiger partial charge < -0.3 is 20.5 Å².